The SMILES string of the molecule is C[C@@H](N[C@H](C)c1ccc2ccc3ccccc3c2c1)c1ccccc1. The summed E-state index contributed by atoms with van der Waals surface area (Å²) in [7, 11) is 0. The summed E-state index contributed by atoms with van der Waals surface area (Å²) in [6, 6.07) is 31.1. The van der Waals surface area contributed by atoms with Crippen molar-refractivity contribution in [1.29, 1.82) is 0 Å². The molecule has 0 aromatic heterocycles. The lowest BCUT2D eigenvalue weighted by Gasteiger charge is -2.21. The number of nitrogens with one attached hydrogen (secondary N) is 1. The Bertz CT molecular complexity index is 1000. The molecule has 0 aliphatic carbocycles. The number of fused-ring (bicyclic) bond motifs is 3. The predicted octanol–water partition coefficient (Wildman–Crippen LogP) is 6.40. The molecule has 1 heteroatoms. The minimum absolute atomic E-state index is 0.290. The molecule has 0 unspecified atom stereocenters. The van der Waals surface area contributed by atoms with Crippen LogP contribution in [0.25, 0.3) is 21.5 Å². The Labute approximate surface area is 149 Å². The van der Waals surface area contributed by atoms with E-state index in [0.717, 1.165) is 0 Å². The normalized spacial score (nSPS) is 13.8. The van der Waals surface area contributed by atoms with E-state index in [1.165, 1.54) is 32.7 Å². The van der Waals surface area contributed by atoms with Gasteiger partial charge in [-0.1, -0.05) is 78.9 Å². The maximum absolute atomic E-state index is 3.73. The van der Waals surface area contributed by atoms with Crippen molar-refractivity contribution >= 4 is 21.5 Å². The second-order valence-corrected chi connectivity index (χ2v) is 6.79. The highest BCUT2D eigenvalue weighted by Crippen LogP contribution is 2.28. The first-order valence-electron chi connectivity index (χ1n) is 8.95. The van der Waals surface area contributed by atoms with Gasteiger partial charge in [-0.3, -0.25) is 0 Å². The summed E-state index contributed by atoms with van der Waals surface area (Å²) in [4.78, 5) is 0. The molecule has 0 radical (unpaired) electrons. The molecule has 0 fully saturated rings. The molecule has 0 aliphatic heterocycles. The van der Waals surface area contributed by atoms with Crippen LogP contribution in [0.1, 0.15) is 37.1 Å². The molecule has 1 N–H and O–H groups in total. The molecule has 1 nitrogen and oxygen atoms in total. The van der Waals surface area contributed by atoms with Gasteiger partial charge in [0.2, 0.25) is 0 Å². The van der Waals surface area contributed by atoms with Gasteiger partial charge in [0, 0.05) is 12.1 Å². The van der Waals surface area contributed by atoms with Crippen LogP contribution in [-0.4, -0.2) is 0 Å². The highest BCUT2D eigenvalue weighted by molar-refractivity contribution is 6.07. The first-order chi connectivity index (χ1) is 12.2. The summed E-state index contributed by atoms with van der Waals surface area (Å²) >= 11 is 0. The molecule has 124 valence electrons. The summed E-state index contributed by atoms with van der Waals surface area (Å²) in [5.41, 5.74) is 2.65. The summed E-state index contributed by atoms with van der Waals surface area (Å²) < 4.78 is 0. The van der Waals surface area contributed by atoms with Crippen LogP contribution in [0.15, 0.2) is 84.9 Å². The average molecular weight is 325 g/mol. The van der Waals surface area contributed by atoms with Crippen LogP contribution < -0.4 is 5.32 Å². The largest absolute Gasteiger partial charge is 0.304 e. The summed E-state index contributed by atoms with van der Waals surface area (Å²) in [6.45, 7) is 4.47. The lowest BCUT2D eigenvalue weighted by Crippen LogP contribution is -2.22. The Kier molecular flexibility index (Phi) is 4.25. The van der Waals surface area contributed by atoms with Gasteiger partial charge in [-0.2, -0.15) is 0 Å². The minimum atomic E-state index is 0.290. The van der Waals surface area contributed by atoms with E-state index in [-0.39, 0.29) is 0 Å². The van der Waals surface area contributed by atoms with Gasteiger partial charge in [0.15, 0.2) is 0 Å². The first kappa shape index (κ1) is 15.9. The molecule has 2 atom stereocenters. The average Bonchev–Trinajstić information content (AvgIpc) is 2.68. The van der Waals surface area contributed by atoms with Crippen LogP contribution in [0.3, 0.4) is 0 Å². The Morgan fingerprint density at radius 1 is 0.560 bits per heavy atom. The van der Waals surface area contributed by atoms with E-state index in [4.69, 9.17) is 0 Å². The molecule has 25 heavy (non-hydrogen) atoms. The Morgan fingerprint density at radius 2 is 1.16 bits per heavy atom. The van der Waals surface area contributed by atoms with E-state index in [2.05, 4.69) is 104 Å². The Hall–Kier alpha value is -2.64. The lowest BCUT2D eigenvalue weighted by atomic mass is 9.97. The highest BCUT2D eigenvalue weighted by Gasteiger charge is 2.12. The van der Waals surface area contributed by atoms with E-state index in [0.29, 0.717) is 12.1 Å². The van der Waals surface area contributed by atoms with Gasteiger partial charge >= 0.3 is 0 Å². The maximum atomic E-state index is 3.73. The maximum Gasteiger partial charge on any atom is 0.0297 e. The standard InChI is InChI=1S/C24H23N/c1-17(19-8-4-3-5-9-19)25-18(2)22-15-14-21-13-12-20-10-6-7-11-23(20)24(21)16-22/h3-18,25H,1-2H3/t17-,18-/m1/s1. The minimum Gasteiger partial charge on any atom is -0.304 e. The second kappa shape index (κ2) is 6.70. The zero-order chi connectivity index (χ0) is 17.2. The molecule has 0 amide bonds. The third-order valence-electron chi connectivity index (χ3n) is 5.07. The molecule has 0 bridgehead atoms. The van der Waals surface area contributed by atoms with E-state index in [1.807, 2.05) is 0 Å². The van der Waals surface area contributed by atoms with Gasteiger partial charge < -0.3 is 5.32 Å². The van der Waals surface area contributed by atoms with Crippen molar-refractivity contribution in [2.75, 3.05) is 0 Å². The smallest absolute Gasteiger partial charge is 0.0297 e. The fraction of sp³-hybridized carbons (Fsp3) is 0.167. The Balaban J connectivity index is 1.67. The number of hydrogen-bond acceptors (Lipinski definition) is 1. The number of hydrogen-bond donors (Lipinski definition) is 1. The first-order valence-corrected chi connectivity index (χ1v) is 8.95. The van der Waals surface area contributed by atoms with Crippen LogP contribution >= 0.6 is 0 Å². The van der Waals surface area contributed by atoms with E-state index >= 15 is 0 Å². The predicted molar refractivity (Wildman–Crippen MR) is 108 cm³/mol. The van der Waals surface area contributed by atoms with Crippen LogP contribution in [0, 0.1) is 0 Å². The Morgan fingerprint density at radius 3 is 1.96 bits per heavy atom. The van der Waals surface area contributed by atoms with Crippen molar-refractivity contribution in [2.45, 2.75) is 25.9 Å². The van der Waals surface area contributed by atoms with Gasteiger partial charge in [0.05, 0.1) is 0 Å². The number of rotatable bonds is 4. The molecule has 0 saturated carbocycles. The fourth-order valence-electron chi connectivity index (χ4n) is 3.60. The molecule has 4 aromatic carbocycles. The molecular weight excluding hydrogens is 302 g/mol. The van der Waals surface area contributed by atoms with Gasteiger partial charge in [-0.05, 0) is 52.6 Å². The van der Waals surface area contributed by atoms with Crippen LogP contribution in [0.5, 0.6) is 0 Å². The van der Waals surface area contributed by atoms with Crippen LogP contribution in [-0.2, 0) is 0 Å². The van der Waals surface area contributed by atoms with E-state index in [1.54, 1.807) is 0 Å². The molecule has 0 saturated heterocycles. The van der Waals surface area contributed by atoms with Crippen molar-refractivity contribution in [1.82, 2.24) is 5.32 Å². The lowest BCUT2D eigenvalue weighted by molar-refractivity contribution is 0.495. The summed E-state index contributed by atoms with van der Waals surface area (Å²) in [5, 5.41) is 8.97. The fourth-order valence-corrected chi connectivity index (χ4v) is 3.60. The third kappa shape index (κ3) is 3.16. The van der Waals surface area contributed by atoms with Crippen molar-refractivity contribution in [2.24, 2.45) is 0 Å². The number of benzene rings is 4. The summed E-state index contributed by atoms with van der Waals surface area (Å²) in [6.07, 6.45) is 0. The molecule has 0 heterocycles. The molecular formula is C24H23N. The molecule has 0 aliphatic rings. The highest BCUT2D eigenvalue weighted by atomic mass is 14.9. The topological polar surface area (TPSA) is 12.0 Å². The summed E-state index contributed by atoms with van der Waals surface area (Å²) in [5.74, 6) is 0. The van der Waals surface area contributed by atoms with Crippen molar-refractivity contribution < 1.29 is 0 Å². The van der Waals surface area contributed by atoms with Gasteiger partial charge in [-0.25, -0.2) is 0 Å². The third-order valence-corrected chi connectivity index (χ3v) is 5.07. The van der Waals surface area contributed by atoms with Gasteiger partial charge in [-0.15, -0.1) is 0 Å². The van der Waals surface area contributed by atoms with Crippen LogP contribution in [0.4, 0.5) is 0 Å². The second-order valence-electron chi connectivity index (χ2n) is 6.79. The van der Waals surface area contributed by atoms with Crippen molar-refractivity contribution in [3.63, 3.8) is 0 Å². The zero-order valence-electron chi connectivity index (χ0n) is 14.7. The molecule has 4 rings (SSSR count). The van der Waals surface area contributed by atoms with Crippen molar-refractivity contribution in [3.8, 4) is 0 Å². The van der Waals surface area contributed by atoms with E-state index < -0.39 is 0 Å². The molecule has 0 spiro atoms. The van der Waals surface area contributed by atoms with Crippen molar-refractivity contribution in [3.05, 3.63) is 96.1 Å². The van der Waals surface area contributed by atoms with Crippen LogP contribution in [0.2, 0.25) is 0 Å². The monoisotopic (exact) mass is 325 g/mol. The van der Waals surface area contributed by atoms with Gasteiger partial charge in [0.25, 0.3) is 0 Å². The quantitative estimate of drug-likeness (QED) is 0.428. The van der Waals surface area contributed by atoms with E-state index in [9.17, 15) is 0 Å². The zero-order valence-corrected chi connectivity index (χ0v) is 14.7. The van der Waals surface area contributed by atoms with Gasteiger partial charge in [0.1, 0.15) is 0 Å². The molecule has 4 aromatic rings.